The van der Waals surface area contributed by atoms with Crippen LogP contribution in [0.25, 0.3) is 0 Å². The van der Waals surface area contributed by atoms with E-state index in [0.717, 1.165) is 0 Å². The molecule has 0 aliphatic rings. The molecule has 0 saturated heterocycles. The summed E-state index contributed by atoms with van der Waals surface area (Å²) in [7, 11) is 1.52. The molecule has 2 nitrogen and oxygen atoms in total. The molecule has 0 rings (SSSR count). The van der Waals surface area contributed by atoms with E-state index in [1.807, 2.05) is 0 Å². The van der Waals surface area contributed by atoms with Crippen LogP contribution in [0.3, 0.4) is 0 Å². The molecule has 3 heteroatoms. The van der Waals surface area contributed by atoms with E-state index in [-0.39, 0.29) is 5.91 Å². The summed E-state index contributed by atoms with van der Waals surface area (Å²) < 4.78 is 13.2. The summed E-state index contributed by atoms with van der Waals surface area (Å²) in [6.45, 7) is 4.66. The van der Waals surface area contributed by atoms with E-state index >= 15 is 0 Å². The lowest BCUT2D eigenvalue weighted by molar-refractivity contribution is -0.128. The van der Waals surface area contributed by atoms with Gasteiger partial charge in [-0.2, -0.15) is 0 Å². The molecule has 1 N–H and O–H groups in total. The zero-order chi connectivity index (χ0) is 9.07. The van der Waals surface area contributed by atoms with Crippen LogP contribution in [0.15, 0.2) is 0 Å². The summed E-state index contributed by atoms with van der Waals surface area (Å²) in [4.78, 5) is 11.0. The number of halogens is 1. The minimum absolute atomic E-state index is 0.222. The first-order valence-corrected chi connectivity index (χ1v) is 3.84. The lowest BCUT2D eigenvalue weighted by Crippen LogP contribution is -2.38. The van der Waals surface area contributed by atoms with E-state index in [9.17, 15) is 9.18 Å². The van der Waals surface area contributed by atoms with Crippen LogP contribution in [0.2, 0.25) is 0 Å². The van der Waals surface area contributed by atoms with Crippen LogP contribution in [0, 0.1) is 5.92 Å². The monoisotopic (exact) mass is 161 g/mol. The molecule has 0 fully saturated rings. The highest BCUT2D eigenvalue weighted by atomic mass is 19.1. The van der Waals surface area contributed by atoms with Gasteiger partial charge in [-0.15, -0.1) is 0 Å². The predicted octanol–water partition coefficient (Wildman–Crippen LogP) is 1.51. The zero-order valence-corrected chi connectivity index (χ0v) is 7.57. The third-order valence-corrected chi connectivity index (χ3v) is 1.80. The van der Waals surface area contributed by atoms with Crippen molar-refractivity contribution in [1.82, 2.24) is 5.32 Å². The highest BCUT2D eigenvalue weighted by Crippen LogP contribution is 2.23. The normalized spacial score (nSPS) is 14.3. The second-order valence-corrected chi connectivity index (χ2v) is 3.14. The minimum Gasteiger partial charge on any atom is -0.359 e. The topological polar surface area (TPSA) is 29.1 Å². The van der Waals surface area contributed by atoms with Gasteiger partial charge in [0.1, 0.15) is 5.67 Å². The van der Waals surface area contributed by atoms with Crippen LogP contribution >= 0.6 is 0 Å². The summed E-state index contributed by atoms with van der Waals surface area (Å²) in [5, 5.41) is 2.44. The highest BCUT2D eigenvalue weighted by molar-refractivity contribution is 5.79. The molecule has 1 unspecified atom stereocenters. The number of amides is 1. The summed E-state index contributed by atoms with van der Waals surface area (Å²) in [6, 6.07) is 0. The Hall–Kier alpha value is -0.600. The van der Waals surface area contributed by atoms with E-state index in [1.54, 1.807) is 6.92 Å². The van der Waals surface area contributed by atoms with Crippen LogP contribution in [0.5, 0.6) is 0 Å². The van der Waals surface area contributed by atoms with Crippen molar-refractivity contribution in [3.63, 3.8) is 0 Å². The first kappa shape index (κ1) is 10.4. The molecule has 0 heterocycles. The Balaban J connectivity index is 4.29. The number of hydrogen-bond donors (Lipinski definition) is 1. The Bertz CT molecular complexity index is 140. The fraction of sp³-hybridized carbons (Fsp3) is 0.875. The average molecular weight is 161 g/mol. The van der Waals surface area contributed by atoms with E-state index in [0.29, 0.717) is 6.42 Å². The smallest absolute Gasteiger partial charge is 0.226 e. The van der Waals surface area contributed by atoms with Crippen molar-refractivity contribution in [2.45, 2.75) is 32.9 Å². The van der Waals surface area contributed by atoms with Crippen molar-refractivity contribution in [2.24, 2.45) is 5.92 Å². The van der Waals surface area contributed by atoms with Gasteiger partial charge >= 0.3 is 0 Å². The van der Waals surface area contributed by atoms with Crippen LogP contribution < -0.4 is 5.32 Å². The number of hydrogen-bond acceptors (Lipinski definition) is 1. The Morgan fingerprint density at radius 1 is 1.64 bits per heavy atom. The van der Waals surface area contributed by atoms with Gasteiger partial charge in [0.25, 0.3) is 0 Å². The summed E-state index contributed by atoms with van der Waals surface area (Å²) in [6.07, 6.45) is 0.531. The maximum Gasteiger partial charge on any atom is 0.226 e. The molecule has 66 valence electrons. The molecule has 0 radical (unpaired) electrons. The van der Waals surface area contributed by atoms with Crippen molar-refractivity contribution in [1.29, 1.82) is 0 Å². The standard InChI is InChI=1S/C8H16FNO/c1-5-6(7(11)10-4)8(2,3)9/h6H,5H2,1-4H3,(H,10,11). The van der Waals surface area contributed by atoms with Crippen molar-refractivity contribution >= 4 is 5.91 Å². The molecule has 0 aliphatic carbocycles. The van der Waals surface area contributed by atoms with Crippen LogP contribution in [-0.4, -0.2) is 18.6 Å². The molecule has 0 aromatic carbocycles. The third kappa shape index (κ3) is 2.87. The molecule has 0 saturated carbocycles. The molecule has 0 bridgehead atoms. The number of carbonyl (C=O) groups excluding carboxylic acids is 1. The number of rotatable bonds is 3. The quantitative estimate of drug-likeness (QED) is 0.667. The van der Waals surface area contributed by atoms with Gasteiger partial charge in [0.15, 0.2) is 0 Å². The second-order valence-electron chi connectivity index (χ2n) is 3.14. The van der Waals surface area contributed by atoms with Crippen molar-refractivity contribution < 1.29 is 9.18 Å². The second kappa shape index (κ2) is 3.69. The van der Waals surface area contributed by atoms with E-state index in [4.69, 9.17) is 0 Å². The summed E-state index contributed by atoms with van der Waals surface area (Å²) >= 11 is 0. The first-order valence-electron chi connectivity index (χ1n) is 3.84. The van der Waals surface area contributed by atoms with Crippen molar-refractivity contribution in [2.75, 3.05) is 7.05 Å². The molecule has 1 atom stereocenters. The summed E-state index contributed by atoms with van der Waals surface area (Å²) in [5.41, 5.74) is -1.42. The van der Waals surface area contributed by atoms with Crippen LogP contribution in [0.4, 0.5) is 4.39 Å². The Labute approximate surface area is 67.2 Å². The van der Waals surface area contributed by atoms with Gasteiger partial charge in [0, 0.05) is 7.05 Å². The van der Waals surface area contributed by atoms with Gasteiger partial charge in [0.05, 0.1) is 5.92 Å². The van der Waals surface area contributed by atoms with E-state index in [2.05, 4.69) is 5.32 Å². The molecule has 0 aromatic rings. The van der Waals surface area contributed by atoms with E-state index in [1.165, 1.54) is 20.9 Å². The first-order chi connectivity index (χ1) is 4.93. The Kier molecular flexibility index (Phi) is 3.49. The molecular formula is C8H16FNO. The van der Waals surface area contributed by atoms with Crippen LogP contribution in [0.1, 0.15) is 27.2 Å². The number of carbonyl (C=O) groups is 1. The van der Waals surface area contributed by atoms with Crippen molar-refractivity contribution in [3.05, 3.63) is 0 Å². The number of alkyl halides is 1. The van der Waals surface area contributed by atoms with Gasteiger partial charge in [-0.1, -0.05) is 6.92 Å². The Morgan fingerprint density at radius 2 is 2.09 bits per heavy atom. The lowest BCUT2D eigenvalue weighted by Gasteiger charge is -2.23. The maximum atomic E-state index is 13.2. The minimum atomic E-state index is -1.42. The average Bonchev–Trinajstić information content (AvgIpc) is 1.86. The lowest BCUT2D eigenvalue weighted by atomic mass is 9.90. The SMILES string of the molecule is CCC(C(=O)NC)C(C)(C)F. The van der Waals surface area contributed by atoms with Crippen LogP contribution in [-0.2, 0) is 4.79 Å². The molecule has 0 aliphatic heterocycles. The summed E-state index contributed by atoms with van der Waals surface area (Å²) in [5.74, 6) is -0.757. The molecular weight excluding hydrogens is 145 g/mol. The number of nitrogens with one attached hydrogen (secondary N) is 1. The van der Waals surface area contributed by atoms with Gasteiger partial charge in [-0.05, 0) is 20.3 Å². The van der Waals surface area contributed by atoms with E-state index < -0.39 is 11.6 Å². The highest BCUT2D eigenvalue weighted by Gasteiger charge is 2.32. The van der Waals surface area contributed by atoms with Gasteiger partial charge in [0.2, 0.25) is 5.91 Å². The maximum absolute atomic E-state index is 13.2. The third-order valence-electron chi connectivity index (χ3n) is 1.80. The largest absolute Gasteiger partial charge is 0.359 e. The zero-order valence-electron chi connectivity index (χ0n) is 7.57. The predicted molar refractivity (Wildman–Crippen MR) is 43.0 cm³/mol. The fourth-order valence-corrected chi connectivity index (χ4v) is 1.16. The molecule has 11 heavy (non-hydrogen) atoms. The van der Waals surface area contributed by atoms with Gasteiger partial charge in [-0.3, -0.25) is 4.79 Å². The van der Waals surface area contributed by atoms with Gasteiger partial charge in [-0.25, -0.2) is 4.39 Å². The van der Waals surface area contributed by atoms with Crippen molar-refractivity contribution in [3.8, 4) is 0 Å². The molecule has 1 amide bonds. The molecule has 0 spiro atoms. The molecule has 0 aromatic heterocycles. The fourth-order valence-electron chi connectivity index (χ4n) is 1.16. The Morgan fingerprint density at radius 3 is 2.18 bits per heavy atom. The van der Waals surface area contributed by atoms with Gasteiger partial charge < -0.3 is 5.32 Å².